The van der Waals surface area contributed by atoms with Crippen LogP contribution in [0, 0.1) is 0 Å². The van der Waals surface area contributed by atoms with Crippen LogP contribution in [-0.4, -0.2) is 81.8 Å². The quantitative estimate of drug-likeness (QED) is 0.0466. The van der Waals surface area contributed by atoms with Crippen LogP contribution in [-0.2, 0) is 13.0 Å². The number of benzene rings is 1. The van der Waals surface area contributed by atoms with Crippen LogP contribution in [0.2, 0.25) is 0 Å². The van der Waals surface area contributed by atoms with Gasteiger partial charge in [-0.2, -0.15) is 0 Å². The third-order valence-electron chi connectivity index (χ3n) is 10.9. The third kappa shape index (κ3) is 16.3. The van der Waals surface area contributed by atoms with Crippen molar-refractivity contribution < 1.29 is 26.0 Å². The van der Waals surface area contributed by atoms with Gasteiger partial charge < -0.3 is 21.6 Å². The minimum atomic E-state index is 0. The zero-order valence-corrected chi connectivity index (χ0v) is 33.8. The number of aryl methyl sites for hydroxylation is 1. The van der Waals surface area contributed by atoms with Gasteiger partial charge in [-0.1, -0.05) is 141 Å². The molecule has 4 fully saturated rings. The van der Waals surface area contributed by atoms with E-state index in [1.807, 2.05) is 0 Å². The molecule has 4 saturated heterocycles. The first kappa shape index (κ1) is 42.4. The summed E-state index contributed by atoms with van der Waals surface area (Å²) in [6.07, 6.45) is 30.6. The number of aromatic nitrogens is 2. The summed E-state index contributed by atoms with van der Waals surface area (Å²) in [6, 6.07) is 8.92. The number of quaternary nitrogens is 1. The van der Waals surface area contributed by atoms with Crippen molar-refractivity contribution in [1.82, 2.24) is 24.9 Å². The summed E-state index contributed by atoms with van der Waals surface area (Å²) in [5.41, 5.74) is 1.43. The summed E-state index contributed by atoms with van der Waals surface area (Å²) in [7, 11) is 0. The number of rotatable bonds is 30. The van der Waals surface area contributed by atoms with Crippen molar-refractivity contribution in [3.05, 3.63) is 35.7 Å². The number of unbranched alkanes of at least 4 members (excludes halogenated alkanes) is 20. The summed E-state index contributed by atoms with van der Waals surface area (Å²) in [5, 5.41) is 9.32. The molecule has 6 rings (SSSR count). The van der Waals surface area contributed by atoms with Crippen LogP contribution in [0.1, 0.15) is 160 Å². The third-order valence-corrected chi connectivity index (χ3v) is 11.8. The fraction of sp³-hybridized carbons (Fsp3) is 0.805. The Morgan fingerprint density at radius 3 is 1.67 bits per heavy atom. The van der Waals surface area contributed by atoms with Crippen LogP contribution in [0.3, 0.4) is 0 Å². The van der Waals surface area contributed by atoms with Gasteiger partial charge in [0, 0.05) is 17.7 Å². The van der Waals surface area contributed by atoms with Gasteiger partial charge in [-0.15, -0.1) is 10.2 Å². The molecule has 0 spiro atoms. The highest BCUT2D eigenvalue weighted by Gasteiger charge is 2.48. The molecular weight excluding hydrogens is 676 g/mol. The highest BCUT2D eigenvalue weighted by molar-refractivity contribution is 7.99. The van der Waals surface area contributed by atoms with E-state index in [4.69, 9.17) is 9.15 Å². The highest BCUT2D eigenvalue weighted by atomic mass is 35.5. The lowest BCUT2D eigenvalue weighted by molar-refractivity contribution is -0.991. The lowest BCUT2D eigenvalue weighted by Gasteiger charge is -2.60. The Kier molecular flexibility index (Phi) is 20.7. The first-order valence-electron chi connectivity index (χ1n) is 20.9. The van der Waals surface area contributed by atoms with E-state index >= 15 is 0 Å². The van der Waals surface area contributed by atoms with E-state index in [-0.39, 0.29) is 12.4 Å². The minimum Gasteiger partial charge on any atom is -1.00 e. The molecule has 51 heavy (non-hydrogen) atoms. The van der Waals surface area contributed by atoms with Gasteiger partial charge in [0.15, 0.2) is 0 Å². The Bertz CT molecular complexity index is 1130. The summed E-state index contributed by atoms with van der Waals surface area (Å²) in [6.45, 7) is 11.2. The van der Waals surface area contributed by atoms with Gasteiger partial charge in [0.1, 0.15) is 32.3 Å². The van der Waals surface area contributed by atoms with Crippen LogP contribution in [0.25, 0.3) is 0 Å². The molecule has 0 N–H and O–H groups in total. The maximum Gasteiger partial charge on any atom is 0.276 e. The second-order valence-electron chi connectivity index (χ2n) is 15.8. The molecule has 290 valence electrons. The van der Waals surface area contributed by atoms with Crippen LogP contribution in [0.15, 0.2) is 33.9 Å². The van der Waals surface area contributed by atoms with Gasteiger partial charge in [0.2, 0.25) is 5.89 Å². The second kappa shape index (κ2) is 24.9. The Morgan fingerprint density at radius 1 is 0.627 bits per heavy atom. The SMILES string of the molecule is CCCCCCCCCCCCCCCCSc1nnc(CCCCCCCCCCOc2ccc(C[N+]34CN5CN(CN(C5)C3)C4)cc2)o1.[Cl-]. The fourth-order valence-electron chi connectivity index (χ4n) is 8.37. The van der Waals surface area contributed by atoms with E-state index in [0.717, 1.165) is 79.5 Å². The van der Waals surface area contributed by atoms with Crippen LogP contribution in [0.4, 0.5) is 0 Å². The second-order valence-corrected chi connectivity index (χ2v) is 16.9. The average Bonchev–Trinajstić information content (AvgIpc) is 3.56. The van der Waals surface area contributed by atoms with Crippen molar-refractivity contribution in [1.29, 1.82) is 0 Å². The van der Waals surface area contributed by atoms with Gasteiger partial charge in [-0.3, -0.25) is 4.48 Å². The molecule has 4 aliphatic rings. The molecule has 1 aromatic carbocycles. The van der Waals surface area contributed by atoms with E-state index in [0.29, 0.717) is 0 Å². The van der Waals surface area contributed by atoms with E-state index in [1.54, 1.807) is 11.8 Å². The zero-order valence-electron chi connectivity index (χ0n) is 32.2. The monoisotopic (exact) mass is 747 g/mol. The minimum absolute atomic E-state index is 0. The zero-order chi connectivity index (χ0) is 34.5. The van der Waals surface area contributed by atoms with Gasteiger partial charge in [0.25, 0.3) is 5.22 Å². The number of nitrogens with zero attached hydrogens (tertiary/aromatic N) is 6. The van der Waals surface area contributed by atoms with Crippen molar-refractivity contribution in [2.75, 3.05) is 52.4 Å². The van der Waals surface area contributed by atoms with E-state index in [1.165, 1.54) is 154 Å². The van der Waals surface area contributed by atoms with Gasteiger partial charge in [-0.25, -0.2) is 14.7 Å². The van der Waals surface area contributed by atoms with Crippen molar-refractivity contribution in [3.8, 4) is 5.75 Å². The first-order chi connectivity index (χ1) is 24.7. The Morgan fingerprint density at radius 2 is 1.12 bits per heavy atom. The standard InChI is InChI=1S/C41H71N6O2S.ClH/c1-2-3-4-5-6-7-8-9-10-11-14-17-20-23-30-50-41-43-42-40(49-41)24-21-18-15-12-13-16-19-22-29-48-39-27-25-38(26-28-39)31-47-35-44-32-45(36-47)34-46(33-44)37-47;/h25-28H,2-24,29-37H2,1H3;1H/q+1;/p-1. The maximum atomic E-state index is 6.07. The largest absolute Gasteiger partial charge is 1.00 e. The molecule has 0 unspecified atom stereocenters. The predicted octanol–water partition coefficient (Wildman–Crippen LogP) is 7.40. The molecule has 2 aromatic rings. The Balaban J connectivity index is 0.00000583. The average molecular weight is 748 g/mol. The topological polar surface area (TPSA) is 57.9 Å². The summed E-state index contributed by atoms with van der Waals surface area (Å²) >= 11 is 1.74. The number of thioether (sulfide) groups is 1. The van der Waals surface area contributed by atoms with Crippen LogP contribution >= 0.6 is 11.8 Å². The van der Waals surface area contributed by atoms with Gasteiger partial charge >= 0.3 is 0 Å². The lowest BCUT2D eigenvalue weighted by atomic mass is 10.0. The van der Waals surface area contributed by atoms with Gasteiger partial charge in [-0.05, 0) is 43.5 Å². The van der Waals surface area contributed by atoms with Crippen molar-refractivity contribution in [2.45, 2.75) is 166 Å². The molecule has 0 saturated carbocycles. The fourth-order valence-corrected chi connectivity index (χ4v) is 9.15. The molecule has 0 atom stereocenters. The van der Waals surface area contributed by atoms with Crippen LogP contribution in [0.5, 0.6) is 5.75 Å². The molecule has 10 heteroatoms. The molecule has 5 heterocycles. The summed E-state index contributed by atoms with van der Waals surface area (Å²) < 4.78 is 13.1. The summed E-state index contributed by atoms with van der Waals surface area (Å²) in [5.74, 6) is 2.93. The number of hydrogen-bond donors (Lipinski definition) is 0. The van der Waals surface area contributed by atoms with E-state index in [9.17, 15) is 0 Å². The van der Waals surface area contributed by atoms with E-state index < -0.39 is 0 Å². The molecule has 0 aliphatic carbocycles. The molecule has 0 amide bonds. The molecule has 8 nitrogen and oxygen atoms in total. The lowest BCUT2D eigenvalue weighted by Crippen LogP contribution is -3.00. The maximum absolute atomic E-state index is 6.07. The molecule has 4 aliphatic heterocycles. The number of hydrogen-bond acceptors (Lipinski definition) is 8. The van der Waals surface area contributed by atoms with Crippen LogP contribution < -0.4 is 17.1 Å². The van der Waals surface area contributed by atoms with Crippen molar-refractivity contribution in [2.24, 2.45) is 0 Å². The Hall–Kier alpha value is -1.36. The number of halogens is 1. The Labute approximate surface area is 321 Å². The normalized spacial score (nSPS) is 22.0. The van der Waals surface area contributed by atoms with E-state index in [2.05, 4.69) is 56.1 Å². The highest BCUT2D eigenvalue weighted by Crippen LogP contribution is 2.31. The van der Waals surface area contributed by atoms with Gasteiger partial charge in [0.05, 0.1) is 26.6 Å². The molecule has 1 aromatic heterocycles. The molecule has 4 bridgehead atoms. The summed E-state index contributed by atoms with van der Waals surface area (Å²) in [4.78, 5) is 7.75. The smallest absolute Gasteiger partial charge is 0.276 e. The number of ether oxygens (including phenoxy) is 1. The first-order valence-corrected chi connectivity index (χ1v) is 21.9. The van der Waals surface area contributed by atoms with Crippen molar-refractivity contribution in [3.63, 3.8) is 0 Å². The molecular formula is C41H71ClN6O2S. The van der Waals surface area contributed by atoms with Crippen molar-refractivity contribution >= 4 is 11.8 Å². The predicted molar refractivity (Wildman–Crippen MR) is 207 cm³/mol. The molecule has 0 radical (unpaired) electrons.